The molecule has 1 aromatic carbocycles. The molecule has 0 atom stereocenters. The van der Waals surface area contributed by atoms with Crippen LogP contribution in [0.4, 0.5) is 4.39 Å². The number of benzene rings is 1. The van der Waals surface area contributed by atoms with Crippen molar-refractivity contribution in [2.24, 2.45) is 5.92 Å². The molecule has 2 fully saturated rings. The third-order valence-corrected chi connectivity index (χ3v) is 7.75. The van der Waals surface area contributed by atoms with Crippen LogP contribution in [-0.2, 0) is 32.5 Å². The molecule has 7 nitrogen and oxygen atoms in total. The van der Waals surface area contributed by atoms with Crippen LogP contribution in [0.5, 0.6) is 0 Å². The van der Waals surface area contributed by atoms with Gasteiger partial charge in [0.25, 0.3) is 5.89 Å². The van der Waals surface area contributed by atoms with E-state index in [1.165, 1.54) is 35.3 Å². The van der Waals surface area contributed by atoms with Crippen LogP contribution in [-0.4, -0.2) is 43.1 Å². The summed E-state index contributed by atoms with van der Waals surface area (Å²) < 4.78 is 51.1. The standard InChI is InChI=1S/C20H26FN3O4S/c1-27-13-18-22-19(23-28-18)20(12-15-5-6-15)7-9-24(10-8-20)29(25,26)14-16-3-2-4-17(21)11-16/h2-4,11,15H,5-10,12-14H2,1H3. The highest BCUT2D eigenvalue weighted by Gasteiger charge is 2.45. The van der Waals surface area contributed by atoms with Crippen molar-refractivity contribution in [1.82, 2.24) is 14.4 Å². The molecule has 4 rings (SSSR count). The van der Waals surface area contributed by atoms with Gasteiger partial charge in [-0.3, -0.25) is 0 Å². The van der Waals surface area contributed by atoms with Crippen LogP contribution in [0.15, 0.2) is 28.8 Å². The molecule has 0 spiro atoms. The van der Waals surface area contributed by atoms with Crippen molar-refractivity contribution in [3.05, 3.63) is 47.4 Å². The Morgan fingerprint density at radius 3 is 2.72 bits per heavy atom. The van der Waals surface area contributed by atoms with Gasteiger partial charge in [0.2, 0.25) is 10.0 Å². The number of rotatable bonds is 8. The van der Waals surface area contributed by atoms with Crippen LogP contribution in [0.2, 0.25) is 0 Å². The summed E-state index contributed by atoms with van der Waals surface area (Å²) in [7, 11) is -1.94. The van der Waals surface area contributed by atoms with Gasteiger partial charge >= 0.3 is 0 Å². The van der Waals surface area contributed by atoms with Gasteiger partial charge < -0.3 is 9.26 Å². The van der Waals surface area contributed by atoms with Crippen LogP contribution >= 0.6 is 0 Å². The van der Waals surface area contributed by atoms with E-state index < -0.39 is 15.8 Å². The first-order valence-corrected chi connectivity index (χ1v) is 11.6. The first-order valence-electron chi connectivity index (χ1n) is 9.94. The summed E-state index contributed by atoms with van der Waals surface area (Å²) in [5.41, 5.74) is 0.198. The minimum atomic E-state index is -3.52. The monoisotopic (exact) mass is 423 g/mol. The zero-order valence-electron chi connectivity index (χ0n) is 16.5. The Bertz CT molecular complexity index is 950. The summed E-state index contributed by atoms with van der Waals surface area (Å²) in [5, 5.41) is 4.20. The van der Waals surface area contributed by atoms with Crippen LogP contribution in [0.3, 0.4) is 0 Å². The van der Waals surface area contributed by atoms with Gasteiger partial charge in [0.15, 0.2) is 5.82 Å². The van der Waals surface area contributed by atoms with E-state index in [1.54, 1.807) is 13.2 Å². The summed E-state index contributed by atoms with van der Waals surface area (Å²) >= 11 is 0. The third kappa shape index (κ3) is 4.67. The lowest BCUT2D eigenvalue weighted by molar-refractivity contribution is 0.151. The number of hydrogen-bond acceptors (Lipinski definition) is 6. The Kier molecular flexibility index (Phi) is 5.72. The molecule has 1 aliphatic heterocycles. The number of hydrogen-bond donors (Lipinski definition) is 0. The molecular weight excluding hydrogens is 397 g/mol. The summed E-state index contributed by atoms with van der Waals surface area (Å²) in [6.07, 6.45) is 4.66. The zero-order valence-corrected chi connectivity index (χ0v) is 17.3. The molecule has 29 heavy (non-hydrogen) atoms. The molecule has 158 valence electrons. The Morgan fingerprint density at radius 1 is 1.31 bits per heavy atom. The largest absolute Gasteiger partial charge is 0.375 e. The fourth-order valence-corrected chi connectivity index (χ4v) is 5.69. The Hall–Kier alpha value is -1.84. The van der Waals surface area contributed by atoms with E-state index >= 15 is 0 Å². The Morgan fingerprint density at radius 2 is 2.07 bits per heavy atom. The molecule has 2 heterocycles. The number of aromatic nitrogens is 2. The summed E-state index contributed by atoms with van der Waals surface area (Å²) in [6, 6.07) is 5.75. The van der Waals surface area contributed by atoms with E-state index in [1.807, 2.05) is 0 Å². The average molecular weight is 424 g/mol. The SMILES string of the molecule is COCc1nc(C2(CC3CC3)CCN(S(=O)(=O)Cc3cccc(F)c3)CC2)no1. The van der Waals surface area contributed by atoms with Gasteiger partial charge in [-0.25, -0.2) is 17.1 Å². The molecule has 1 saturated heterocycles. The lowest BCUT2D eigenvalue weighted by Crippen LogP contribution is -2.46. The normalized spacial score (nSPS) is 20.1. The summed E-state index contributed by atoms with van der Waals surface area (Å²) in [6.45, 7) is 1.07. The van der Waals surface area contributed by atoms with Gasteiger partial charge in [-0.1, -0.05) is 30.1 Å². The minimum Gasteiger partial charge on any atom is -0.375 e. The fourth-order valence-electron chi connectivity index (χ4n) is 4.17. The summed E-state index contributed by atoms with van der Waals surface area (Å²) in [4.78, 5) is 4.53. The molecule has 0 bridgehead atoms. The highest BCUT2D eigenvalue weighted by molar-refractivity contribution is 7.88. The van der Waals surface area contributed by atoms with Crippen molar-refractivity contribution in [2.75, 3.05) is 20.2 Å². The highest BCUT2D eigenvalue weighted by Crippen LogP contribution is 2.46. The second-order valence-electron chi connectivity index (χ2n) is 8.16. The smallest absolute Gasteiger partial charge is 0.252 e. The number of nitrogens with zero attached hydrogens (tertiary/aromatic N) is 3. The van der Waals surface area contributed by atoms with E-state index in [9.17, 15) is 12.8 Å². The lowest BCUT2D eigenvalue weighted by Gasteiger charge is -2.39. The lowest BCUT2D eigenvalue weighted by atomic mass is 9.74. The molecule has 1 aromatic heterocycles. The molecular formula is C20H26FN3O4S. The van der Waals surface area contributed by atoms with Gasteiger partial charge in [0.05, 0.1) is 5.75 Å². The van der Waals surface area contributed by atoms with Crippen molar-refractivity contribution in [1.29, 1.82) is 0 Å². The van der Waals surface area contributed by atoms with E-state index in [-0.39, 0.29) is 17.8 Å². The number of sulfonamides is 1. The van der Waals surface area contributed by atoms with E-state index in [0.717, 1.165) is 6.42 Å². The van der Waals surface area contributed by atoms with Crippen molar-refractivity contribution < 1.29 is 22.1 Å². The highest BCUT2D eigenvalue weighted by atomic mass is 32.2. The van der Waals surface area contributed by atoms with Crippen LogP contribution in [0, 0.1) is 11.7 Å². The fraction of sp³-hybridized carbons (Fsp3) is 0.600. The van der Waals surface area contributed by atoms with Gasteiger partial charge in [0, 0.05) is 25.6 Å². The average Bonchev–Trinajstić information content (AvgIpc) is 3.35. The Balaban J connectivity index is 1.48. The number of halogens is 1. The number of ether oxygens (including phenoxy) is 1. The van der Waals surface area contributed by atoms with E-state index in [4.69, 9.17) is 9.26 Å². The molecule has 2 aromatic rings. The number of methoxy groups -OCH3 is 1. The predicted octanol–water partition coefficient (Wildman–Crippen LogP) is 3.02. The van der Waals surface area contributed by atoms with Crippen molar-refractivity contribution in [3.63, 3.8) is 0 Å². The molecule has 0 amide bonds. The van der Waals surface area contributed by atoms with Crippen LogP contribution in [0.1, 0.15) is 49.4 Å². The molecule has 0 unspecified atom stereocenters. The van der Waals surface area contributed by atoms with E-state index in [0.29, 0.717) is 49.1 Å². The maximum absolute atomic E-state index is 13.4. The number of piperidine rings is 1. The first kappa shape index (κ1) is 20.4. The van der Waals surface area contributed by atoms with E-state index in [2.05, 4.69) is 10.1 Å². The molecule has 1 saturated carbocycles. The third-order valence-electron chi connectivity index (χ3n) is 5.90. The van der Waals surface area contributed by atoms with Gasteiger partial charge in [-0.2, -0.15) is 4.98 Å². The zero-order chi connectivity index (χ0) is 20.5. The van der Waals surface area contributed by atoms with Crippen molar-refractivity contribution >= 4 is 10.0 Å². The maximum Gasteiger partial charge on any atom is 0.252 e. The predicted molar refractivity (Wildman–Crippen MR) is 104 cm³/mol. The Labute approximate surface area is 170 Å². The molecule has 1 aliphatic carbocycles. The van der Waals surface area contributed by atoms with Gasteiger partial charge in [0.1, 0.15) is 12.4 Å². The molecule has 0 radical (unpaired) electrons. The second-order valence-corrected chi connectivity index (χ2v) is 10.1. The quantitative estimate of drug-likeness (QED) is 0.649. The van der Waals surface area contributed by atoms with Crippen LogP contribution in [0.25, 0.3) is 0 Å². The maximum atomic E-state index is 13.4. The van der Waals surface area contributed by atoms with Gasteiger partial charge in [-0.05, 0) is 42.9 Å². The first-order chi connectivity index (χ1) is 13.9. The molecule has 9 heteroatoms. The van der Waals surface area contributed by atoms with Gasteiger partial charge in [-0.15, -0.1) is 0 Å². The van der Waals surface area contributed by atoms with Crippen molar-refractivity contribution in [3.8, 4) is 0 Å². The summed E-state index contributed by atoms with van der Waals surface area (Å²) in [5.74, 6) is 1.14. The van der Waals surface area contributed by atoms with Crippen molar-refractivity contribution in [2.45, 2.75) is 49.9 Å². The topological polar surface area (TPSA) is 85.5 Å². The van der Waals surface area contributed by atoms with Crippen LogP contribution < -0.4 is 0 Å². The molecule has 0 N–H and O–H groups in total. The second kappa shape index (κ2) is 8.12. The minimum absolute atomic E-state index is 0.194. The molecule has 2 aliphatic rings.